The van der Waals surface area contributed by atoms with Gasteiger partial charge in [-0.05, 0) is 75.4 Å². The molecule has 2 aromatic carbocycles. The van der Waals surface area contributed by atoms with Gasteiger partial charge >= 0.3 is 0 Å². The van der Waals surface area contributed by atoms with Crippen LogP contribution in [0.3, 0.4) is 0 Å². The first-order chi connectivity index (χ1) is 16.6. The summed E-state index contributed by atoms with van der Waals surface area (Å²) in [6.07, 6.45) is 2.37. The van der Waals surface area contributed by atoms with Crippen molar-refractivity contribution in [1.82, 2.24) is 9.80 Å². The molecule has 1 heterocycles. The number of aliphatic hydroxyl groups is 1. The van der Waals surface area contributed by atoms with E-state index in [1.807, 2.05) is 69.2 Å². The molecule has 186 valence electrons. The highest BCUT2D eigenvalue weighted by molar-refractivity contribution is 6.46. The second kappa shape index (κ2) is 11.2. The van der Waals surface area contributed by atoms with Crippen molar-refractivity contribution >= 4 is 23.1 Å². The van der Waals surface area contributed by atoms with Crippen molar-refractivity contribution in [2.75, 3.05) is 52.8 Å². The first-order valence-electron chi connectivity index (χ1n) is 11.7. The number of likely N-dealkylation sites (tertiary alicyclic amines) is 1. The number of anilines is 1. The van der Waals surface area contributed by atoms with Crippen LogP contribution in [0.1, 0.15) is 29.2 Å². The normalized spacial score (nSPS) is 17.2. The van der Waals surface area contributed by atoms with Crippen LogP contribution in [0.2, 0.25) is 0 Å². The Labute approximate surface area is 207 Å². The summed E-state index contributed by atoms with van der Waals surface area (Å²) in [6.45, 7) is 7.08. The van der Waals surface area contributed by atoms with Gasteiger partial charge in [-0.1, -0.05) is 24.8 Å². The van der Waals surface area contributed by atoms with Crippen molar-refractivity contribution in [3.8, 4) is 5.75 Å². The van der Waals surface area contributed by atoms with Gasteiger partial charge in [0.25, 0.3) is 11.7 Å². The Bertz CT molecular complexity index is 1120. The van der Waals surface area contributed by atoms with E-state index in [4.69, 9.17) is 4.74 Å². The van der Waals surface area contributed by atoms with Crippen molar-refractivity contribution in [1.29, 1.82) is 0 Å². The van der Waals surface area contributed by atoms with Gasteiger partial charge in [-0.15, -0.1) is 0 Å². The SMILES string of the molecule is C=CCOc1ccc(/C(O)=C2/C(=O)C(=O)N(CCCN(C)C)C2c2ccc(N(C)C)cc2)cc1C. The number of amides is 1. The van der Waals surface area contributed by atoms with Gasteiger partial charge in [0.1, 0.15) is 18.1 Å². The van der Waals surface area contributed by atoms with E-state index < -0.39 is 17.7 Å². The third-order valence-electron chi connectivity index (χ3n) is 6.07. The quantitative estimate of drug-likeness (QED) is 0.241. The van der Waals surface area contributed by atoms with E-state index in [2.05, 4.69) is 6.58 Å². The molecule has 1 saturated heterocycles. The van der Waals surface area contributed by atoms with E-state index in [-0.39, 0.29) is 11.3 Å². The largest absolute Gasteiger partial charge is 0.507 e. The molecule has 0 saturated carbocycles. The minimum Gasteiger partial charge on any atom is -0.507 e. The molecule has 2 aromatic rings. The zero-order chi connectivity index (χ0) is 25.7. The maximum Gasteiger partial charge on any atom is 0.295 e. The predicted octanol–water partition coefficient (Wildman–Crippen LogP) is 4.00. The Balaban J connectivity index is 2.07. The second-order valence-electron chi connectivity index (χ2n) is 9.22. The first-order valence-corrected chi connectivity index (χ1v) is 11.7. The summed E-state index contributed by atoms with van der Waals surface area (Å²) < 4.78 is 5.63. The fourth-order valence-corrected chi connectivity index (χ4v) is 4.23. The van der Waals surface area contributed by atoms with E-state index in [1.165, 1.54) is 0 Å². The van der Waals surface area contributed by atoms with Crippen molar-refractivity contribution in [3.63, 3.8) is 0 Å². The number of aryl methyl sites for hydroxylation is 1. The highest BCUT2D eigenvalue weighted by Gasteiger charge is 2.45. The lowest BCUT2D eigenvalue weighted by Gasteiger charge is -2.26. The molecule has 1 aliphatic heterocycles. The number of aliphatic hydroxyl groups excluding tert-OH is 1. The van der Waals surface area contributed by atoms with Crippen molar-refractivity contribution in [2.45, 2.75) is 19.4 Å². The van der Waals surface area contributed by atoms with Gasteiger partial charge in [0.15, 0.2) is 0 Å². The Morgan fingerprint density at radius 3 is 2.37 bits per heavy atom. The molecular weight excluding hydrogens is 442 g/mol. The summed E-state index contributed by atoms with van der Waals surface area (Å²) in [5.41, 5.74) is 3.17. The number of hydrogen-bond acceptors (Lipinski definition) is 6. The third kappa shape index (κ3) is 5.74. The number of ether oxygens (including phenoxy) is 1. The average molecular weight is 478 g/mol. The molecule has 1 N–H and O–H groups in total. The summed E-state index contributed by atoms with van der Waals surface area (Å²) in [4.78, 5) is 31.9. The van der Waals surface area contributed by atoms with Crippen LogP contribution < -0.4 is 9.64 Å². The number of rotatable bonds is 10. The highest BCUT2D eigenvalue weighted by Crippen LogP contribution is 2.40. The maximum absolute atomic E-state index is 13.2. The molecule has 0 radical (unpaired) electrons. The second-order valence-corrected chi connectivity index (χ2v) is 9.22. The summed E-state index contributed by atoms with van der Waals surface area (Å²) in [6, 6.07) is 12.3. The smallest absolute Gasteiger partial charge is 0.295 e. The average Bonchev–Trinajstić information content (AvgIpc) is 3.07. The Kier molecular flexibility index (Phi) is 8.35. The van der Waals surface area contributed by atoms with Crippen molar-refractivity contribution in [3.05, 3.63) is 77.4 Å². The van der Waals surface area contributed by atoms with E-state index in [0.717, 1.165) is 23.4 Å². The highest BCUT2D eigenvalue weighted by atomic mass is 16.5. The standard InChI is InChI=1S/C28H35N3O4/c1-7-17-35-23-14-11-21(18-19(23)2)26(32)24-25(20-9-12-22(13-10-20)30(5)6)31(28(34)27(24)33)16-8-15-29(3)4/h7,9-14,18,25,32H,1,8,15-17H2,2-6H3/b26-24-. The number of Topliss-reactive ketones (excluding diaryl/α,β-unsaturated/α-hetero) is 1. The summed E-state index contributed by atoms with van der Waals surface area (Å²) in [5.74, 6) is -0.770. The van der Waals surface area contributed by atoms with Crippen LogP contribution in [0.5, 0.6) is 5.75 Å². The third-order valence-corrected chi connectivity index (χ3v) is 6.07. The van der Waals surface area contributed by atoms with Crippen LogP contribution in [-0.2, 0) is 9.59 Å². The fraction of sp³-hybridized carbons (Fsp3) is 0.357. The number of benzene rings is 2. The fourth-order valence-electron chi connectivity index (χ4n) is 4.23. The topological polar surface area (TPSA) is 73.3 Å². The van der Waals surface area contributed by atoms with E-state index in [0.29, 0.717) is 30.9 Å². The molecule has 3 rings (SSSR count). The molecule has 35 heavy (non-hydrogen) atoms. The molecule has 0 aliphatic carbocycles. The number of carbonyl (C=O) groups excluding carboxylic acids is 2. The van der Waals surface area contributed by atoms with Gasteiger partial charge in [0.05, 0.1) is 11.6 Å². The van der Waals surface area contributed by atoms with Gasteiger partial charge in [-0.3, -0.25) is 9.59 Å². The number of ketones is 1. The molecule has 7 heteroatoms. The van der Waals surface area contributed by atoms with E-state index >= 15 is 0 Å². The minimum atomic E-state index is -0.668. The molecule has 0 spiro atoms. The van der Waals surface area contributed by atoms with Gasteiger partial charge in [0, 0.05) is 31.9 Å². The van der Waals surface area contributed by atoms with Gasteiger partial charge in [-0.2, -0.15) is 0 Å². The molecule has 1 fully saturated rings. The first kappa shape index (κ1) is 26.0. The maximum atomic E-state index is 13.2. The van der Waals surface area contributed by atoms with Crippen LogP contribution in [0.4, 0.5) is 5.69 Å². The van der Waals surface area contributed by atoms with Crippen LogP contribution in [0.25, 0.3) is 5.76 Å². The molecule has 1 unspecified atom stereocenters. The van der Waals surface area contributed by atoms with Crippen LogP contribution in [0.15, 0.2) is 60.7 Å². The number of nitrogens with zero attached hydrogens (tertiary/aromatic N) is 3. The van der Waals surface area contributed by atoms with E-state index in [9.17, 15) is 14.7 Å². The lowest BCUT2D eigenvalue weighted by atomic mass is 9.94. The monoisotopic (exact) mass is 477 g/mol. The Morgan fingerprint density at radius 2 is 1.80 bits per heavy atom. The minimum absolute atomic E-state index is 0.108. The van der Waals surface area contributed by atoms with Crippen molar-refractivity contribution < 1.29 is 19.4 Å². The van der Waals surface area contributed by atoms with Crippen LogP contribution in [0, 0.1) is 6.92 Å². The summed E-state index contributed by atoms with van der Waals surface area (Å²) in [5, 5.41) is 11.3. The molecule has 1 atom stereocenters. The molecule has 0 bridgehead atoms. The summed E-state index contributed by atoms with van der Waals surface area (Å²) >= 11 is 0. The predicted molar refractivity (Wildman–Crippen MR) is 140 cm³/mol. The lowest BCUT2D eigenvalue weighted by molar-refractivity contribution is -0.139. The van der Waals surface area contributed by atoms with Crippen LogP contribution in [-0.4, -0.2) is 74.5 Å². The van der Waals surface area contributed by atoms with Gasteiger partial charge in [0.2, 0.25) is 0 Å². The van der Waals surface area contributed by atoms with Crippen LogP contribution >= 0.6 is 0 Å². The van der Waals surface area contributed by atoms with Gasteiger partial charge < -0.3 is 24.5 Å². The summed E-state index contributed by atoms with van der Waals surface area (Å²) in [7, 11) is 7.84. The lowest BCUT2D eigenvalue weighted by Crippen LogP contribution is -2.32. The van der Waals surface area contributed by atoms with E-state index in [1.54, 1.807) is 29.2 Å². The molecule has 7 nitrogen and oxygen atoms in total. The zero-order valence-corrected chi connectivity index (χ0v) is 21.2. The van der Waals surface area contributed by atoms with Crippen molar-refractivity contribution in [2.24, 2.45) is 0 Å². The van der Waals surface area contributed by atoms with Gasteiger partial charge in [-0.25, -0.2) is 0 Å². The molecular formula is C28H35N3O4. The Hall–Kier alpha value is -3.58. The molecule has 1 aliphatic rings. The Morgan fingerprint density at radius 1 is 1.11 bits per heavy atom. The molecule has 0 aromatic heterocycles. The number of carbonyl (C=O) groups is 2. The number of hydrogen-bond donors (Lipinski definition) is 1. The molecule has 1 amide bonds. The zero-order valence-electron chi connectivity index (χ0n) is 21.2.